The highest BCUT2D eigenvalue weighted by molar-refractivity contribution is 5.23. The van der Waals surface area contributed by atoms with Crippen LogP contribution in [0, 0.1) is 23.4 Å². The van der Waals surface area contributed by atoms with Crippen molar-refractivity contribution >= 4 is 0 Å². The van der Waals surface area contributed by atoms with Gasteiger partial charge < -0.3 is 4.74 Å². The fourth-order valence-corrected chi connectivity index (χ4v) is 3.68. The fourth-order valence-electron chi connectivity index (χ4n) is 3.68. The molecule has 0 saturated heterocycles. The molecule has 120 valence electrons. The molecule has 0 radical (unpaired) electrons. The Hall–Kier alpha value is -1.45. The van der Waals surface area contributed by atoms with Crippen LogP contribution in [0.2, 0.25) is 0 Å². The Labute approximate surface area is 129 Å². The van der Waals surface area contributed by atoms with Gasteiger partial charge in [-0.05, 0) is 80.6 Å². The highest BCUT2D eigenvalue weighted by Crippen LogP contribution is 2.40. The van der Waals surface area contributed by atoms with E-state index in [0.29, 0.717) is 11.5 Å². The predicted molar refractivity (Wildman–Crippen MR) is 78.9 cm³/mol. The molecule has 0 spiro atoms. The summed E-state index contributed by atoms with van der Waals surface area (Å²) >= 11 is 0. The summed E-state index contributed by atoms with van der Waals surface area (Å²) in [6.45, 7) is 2.07. The first kappa shape index (κ1) is 15.4. The van der Waals surface area contributed by atoms with Gasteiger partial charge in [0.05, 0.1) is 6.26 Å². The summed E-state index contributed by atoms with van der Waals surface area (Å²) in [6, 6.07) is 2.29. The first-order chi connectivity index (χ1) is 10.5. The van der Waals surface area contributed by atoms with Crippen LogP contribution in [0.3, 0.4) is 0 Å². The van der Waals surface area contributed by atoms with Crippen LogP contribution in [0.1, 0.15) is 56.9 Å². The smallest absolute Gasteiger partial charge is 0.194 e. The molecule has 1 heterocycles. The molecule has 1 aromatic carbocycles. The van der Waals surface area contributed by atoms with Gasteiger partial charge in [-0.25, -0.2) is 13.2 Å². The molecule has 1 saturated carbocycles. The Morgan fingerprint density at radius 1 is 0.955 bits per heavy atom. The molecule has 1 aromatic rings. The van der Waals surface area contributed by atoms with Crippen molar-refractivity contribution in [2.45, 2.75) is 57.5 Å². The number of hydrogen-bond donors (Lipinski definition) is 0. The van der Waals surface area contributed by atoms with Crippen LogP contribution in [0.25, 0.3) is 0 Å². The lowest BCUT2D eigenvalue weighted by molar-refractivity contribution is 0.0454. The summed E-state index contributed by atoms with van der Waals surface area (Å²) in [4.78, 5) is 0. The molecule has 1 fully saturated rings. The molecule has 22 heavy (non-hydrogen) atoms. The van der Waals surface area contributed by atoms with E-state index in [4.69, 9.17) is 4.74 Å². The first-order valence-electron chi connectivity index (χ1n) is 8.00. The maximum absolute atomic E-state index is 13.4. The second-order valence-electron chi connectivity index (χ2n) is 6.59. The standard InChI is InChI=1S/C18H21F3O/c1-11-2-7-17(22-10-11)13-5-3-12(4-6-13)14-8-15(19)18(21)16(20)9-14/h8-10,12-13,17H,2-7H2,1H3. The summed E-state index contributed by atoms with van der Waals surface area (Å²) in [5.74, 6) is -2.94. The topological polar surface area (TPSA) is 9.23 Å². The fraction of sp³-hybridized carbons (Fsp3) is 0.556. The molecule has 1 unspecified atom stereocenters. The molecule has 0 amide bonds. The van der Waals surface area contributed by atoms with E-state index < -0.39 is 17.5 Å². The van der Waals surface area contributed by atoms with Gasteiger partial charge in [0.15, 0.2) is 17.5 Å². The number of benzene rings is 1. The zero-order valence-electron chi connectivity index (χ0n) is 12.7. The Bertz CT molecular complexity index is 551. The highest BCUT2D eigenvalue weighted by atomic mass is 19.2. The summed E-state index contributed by atoms with van der Waals surface area (Å²) in [7, 11) is 0. The molecule has 0 aromatic heterocycles. The van der Waals surface area contributed by atoms with Gasteiger partial charge in [-0.3, -0.25) is 0 Å². The zero-order valence-corrected chi connectivity index (χ0v) is 12.7. The lowest BCUT2D eigenvalue weighted by Crippen LogP contribution is -2.28. The van der Waals surface area contributed by atoms with Crippen LogP contribution in [-0.4, -0.2) is 6.10 Å². The second kappa shape index (κ2) is 6.35. The largest absolute Gasteiger partial charge is 0.498 e. The Morgan fingerprint density at radius 3 is 2.14 bits per heavy atom. The minimum atomic E-state index is -1.38. The maximum Gasteiger partial charge on any atom is 0.194 e. The summed E-state index contributed by atoms with van der Waals surface area (Å²) in [5, 5.41) is 0. The van der Waals surface area contributed by atoms with Crippen molar-refractivity contribution in [1.82, 2.24) is 0 Å². The van der Waals surface area contributed by atoms with E-state index in [1.54, 1.807) is 0 Å². The third-order valence-electron chi connectivity index (χ3n) is 5.04. The van der Waals surface area contributed by atoms with Gasteiger partial charge in [-0.15, -0.1) is 0 Å². The van der Waals surface area contributed by atoms with Crippen LogP contribution in [0.5, 0.6) is 0 Å². The maximum atomic E-state index is 13.4. The van der Waals surface area contributed by atoms with Crippen molar-refractivity contribution in [3.63, 3.8) is 0 Å². The molecule has 3 rings (SSSR count). The lowest BCUT2D eigenvalue weighted by Gasteiger charge is -2.35. The molecular formula is C18H21F3O. The van der Waals surface area contributed by atoms with Crippen LogP contribution >= 0.6 is 0 Å². The quantitative estimate of drug-likeness (QED) is 0.659. The third kappa shape index (κ3) is 3.16. The van der Waals surface area contributed by atoms with E-state index in [1.807, 2.05) is 6.26 Å². The number of hydrogen-bond acceptors (Lipinski definition) is 1. The van der Waals surface area contributed by atoms with Crippen molar-refractivity contribution in [2.75, 3.05) is 0 Å². The van der Waals surface area contributed by atoms with Crippen molar-refractivity contribution in [3.05, 3.63) is 47.0 Å². The molecule has 1 aliphatic heterocycles. The minimum Gasteiger partial charge on any atom is -0.498 e. The van der Waals surface area contributed by atoms with Crippen molar-refractivity contribution < 1.29 is 17.9 Å². The van der Waals surface area contributed by atoms with Gasteiger partial charge in [0.1, 0.15) is 6.10 Å². The SMILES string of the molecule is CC1=COC(C2CCC(c3cc(F)c(F)c(F)c3)CC2)CC1. The monoisotopic (exact) mass is 310 g/mol. The molecule has 1 nitrogen and oxygen atoms in total. The van der Waals surface area contributed by atoms with Gasteiger partial charge in [-0.1, -0.05) is 0 Å². The van der Waals surface area contributed by atoms with Crippen molar-refractivity contribution in [3.8, 4) is 0 Å². The lowest BCUT2D eigenvalue weighted by atomic mass is 9.75. The number of halogens is 3. The molecule has 4 heteroatoms. The van der Waals surface area contributed by atoms with E-state index in [9.17, 15) is 13.2 Å². The molecular weight excluding hydrogens is 289 g/mol. The predicted octanol–water partition coefficient (Wildman–Crippen LogP) is 5.46. The number of rotatable bonds is 2. The van der Waals surface area contributed by atoms with Crippen molar-refractivity contribution in [2.24, 2.45) is 5.92 Å². The molecule has 0 bridgehead atoms. The van der Waals surface area contributed by atoms with Gasteiger partial charge in [0.2, 0.25) is 0 Å². The van der Waals surface area contributed by atoms with Gasteiger partial charge in [0.25, 0.3) is 0 Å². The van der Waals surface area contributed by atoms with Crippen LogP contribution in [0.15, 0.2) is 24.0 Å². The molecule has 1 atom stereocenters. The van der Waals surface area contributed by atoms with E-state index in [2.05, 4.69) is 6.92 Å². The summed E-state index contributed by atoms with van der Waals surface area (Å²) in [6.07, 6.45) is 7.99. The van der Waals surface area contributed by atoms with E-state index in [0.717, 1.165) is 50.7 Å². The number of allylic oxidation sites excluding steroid dienone is 1. The van der Waals surface area contributed by atoms with Crippen LogP contribution in [-0.2, 0) is 4.74 Å². The van der Waals surface area contributed by atoms with Crippen molar-refractivity contribution in [1.29, 1.82) is 0 Å². The Morgan fingerprint density at radius 2 is 1.59 bits per heavy atom. The Balaban J connectivity index is 1.62. The molecule has 1 aliphatic carbocycles. The average molecular weight is 310 g/mol. The van der Waals surface area contributed by atoms with E-state index in [-0.39, 0.29) is 12.0 Å². The van der Waals surface area contributed by atoms with Crippen LogP contribution < -0.4 is 0 Å². The summed E-state index contributed by atoms with van der Waals surface area (Å²) < 4.78 is 45.6. The average Bonchev–Trinajstić information content (AvgIpc) is 2.53. The minimum absolute atomic E-state index is 0.113. The second-order valence-corrected chi connectivity index (χ2v) is 6.59. The molecule has 0 N–H and O–H groups in total. The van der Waals surface area contributed by atoms with Gasteiger partial charge in [-0.2, -0.15) is 0 Å². The molecule has 2 aliphatic rings. The zero-order chi connectivity index (χ0) is 15.7. The first-order valence-corrected chi connectivity index (χ1v) is 8.00. The third-order valence-corrected chi connectivity index (χ3v) is 5.04. The Kier molecular flexibility index (Phi) is 4.46. The van der Waals surface area contributed by atoms with Gasteiger partial charge in [0, 0.05) is 0 Å². The van der Waals surface area contributed by atoms with Crippen LogP contribution in [0.4, 0.5) is 13.2 Å². The van der Waals surface area contributed by atoms with E-state index in [1.165, 1.54) is 5.57 Å². The van der Waals surface area contributed by atoms with Gasteiger partial charge >= 0.3 is 0 Å². The highest BCUT2D eigenvalue weighted by Gasteiger charge is 2.30. The summed E-state index contributed by atoms with van der Waals surface area (Å²) in [5.41, 5.74) is 1.86. The van der Waals surface area contributed by atoms with E-state index >= 15 is 0 Å². The number of ether oxygens (including phenoxy) is 1. The normalized spacial score (nSPS) is 28.9.